The van der Waals surface area contributed by atoms with Crippen LogP contribution < -0.4 is 5.48 Å². The quantitative estimate of drug-likeness (QED) is 0.637. The molecular formula is C11H14F3NO. The maximum absolute atomic E-state index is 11.8. The van der Waals surface area contributed by atoms with Crippen molar-refractivity contribution in [1.29, 1.82) is 0 Å². The minimum absolute atomic E-state index is 0.267. The van der Waals surface area contributed by atoms with E-state index in [1.54, 1.807) is 0 Å². The molecule has 0 aliphatic heterocycles. The molecule has 0 atom stereocenters. The summed E-state index contributed by atoms with van der Waals surface area (Å²) < 4.78 is 35.3. The van der Waals surface area contributed by atoms with E-state index in [2.05, 4.69) is 10.3 Å². The zero-order chi connectivity index (χ0) is 12.2. The highest BCUT2D eigenvalue weighted by molar-refractivity contribution is 5.32. The van der Waals surface area contributed by atoms with E-state index in [9.17, 15) is 13.2 Å². The van der Waals surface area contributed by atoms with E-state index in [1.165, 1.54) is 0 Å². The van der Waals surface area contributed by atoms with Crippen LogP contribution in [0.2, 0.25) is 0 Å². The summed E-state index contributed by atoms with van der Waals surface area (Å²) >= 11 is 0. The number of benzene rings is 1. The lowest BCUT2D eigenvalue weighted by atomic mass is 10.0. The molecule has 0 bridgehead atoms. The number of hydrogen-bond acceptors (Lipinski definition) is 2. The third-order valence-electron chi connectivity index (χ3n) is 2.32. The van der Waals surface area contributed by atoms with Crippen LogP contribution in [0.3, 0.4) is 0 Å². The van der Waals surface area contributed by atoms with Gasteiger partial charge in [-0.25, -0.2) is 0 Å². The van der Waals surface area contributed by atoms with Gasteiger partial charge in [0.15, 0.2) is 6.61 Å². The van der Waals surface area contributed by atoms with E-state index in [0.29, 0.717) is 0 Å². The molecule has 0 unspecified atom stereocenters. The van der Waals surface area contributed by atoms with Crippen molar-refractivity contribution in [3.8, 4) is 0 Å². The summed E-state index contributed by atoms with van der Waals surface area (Å²) in [5.74, 6) is 0. The minimum atomic E-state index is -4.30. The van der Waals surface area contributed by atoms with Crippen LogP contribution in [0.1, 0.15) is 16.7 Å². The average Bonchev–Trinajstić information content (AvgIpc) is 2.17. The van der Waals surface area contributed by atoms with Gasteiger partial charge in [-0.3, -0.25) is 4.84 Å². The maximum Gasteiger partial charge on any atom is 0.413 e. The molecule has 0 saturated carbocycles. The summed E-state index contributed by atoms with van der Waals surface area (Å²) in [6.45, 7) is 2.87. The predicted octanol–water partition coefficient (Wildman–Crippen LogP) is 2.89. The lowest BCUT2D eigenvalue weighted by molar-refractivity contribution is -0.190. The molecule has 1 rings (SSSR count). The molecule has 0 radical (unpaired) electrons. The molecule has 0 saturated heterocycles. The second kappa shape index (κ2) is 5.32. The molecule has 1 aromatic rings. The van der Waals surface area contributed by atoms with Gasteiger partial charge in [-0.1, -0.05) is 18.2 Å². The minimum Gasteiger partial charge on any atom is -0.292 e. The second-order valence-electron chi connectivity index (χ2n) is 3.58. The maximum atomic E-state index is 11.8. The average molecular weight is 233 g/mol. The van der Waals surface area contributed by atoms with Crippen molar-refractivity contribution in [2.45, 2.75) is 26.6 Å². The van der Waals surface area contributed by atoms with Gasteiger partial charge < -0.3 is 0 Å². The number of nitrogens with one attached hydrogen (secondary N) is 1. The Bertz CT molecular complexity index is 350. The van der Waals surface area contributed by atoms with Gasteiger partial charge in [0.25, 0.3) is 0 Å². The van der Waals surface area contributed by atoms with Crippen LogP contribution in [0, 0.1) is 13.8 Å². The molecule has 0 aliphatic rings. The first-order valence-electron chi connectivity index (χ1n) is 4.86. The van der Waals surface area contributed by atoms with Crippen molar-refractivity contribution in [3.05, 3.63) is 34.9 Å². The van der Waals surface area contributed by atoms with E-state index in [-0.39, 0.29) is 6.54 Å². The summed E-state index contributed by atoms with van der Waals surface area (Å²) in [5.41, 5.74) is 5.41. The monoisotopic (exact) mass is 233 g/mol. The Kier molecular flexibility index (Phi) is 4.32. The second-order valence-corrected chi connectivity index (χ2v) is 3.58. The van der Waals surface area contributed by atoms with Gasteiger partial charge in [0.05, 0.1) is 0 Å². The van der Waals surface area contributed by atoms with Gasteiger partial charge in [-0.15, -0.1) is 0 Å². The van der Waals surface area contributed by atoms with Gasteiger partial charge >= 0.3 is 6.18 Å². The van der Waals surface area contributed by atoms with Gasteiger partial charge in [0, 0.05) is 6.54 Å². The van der Waals surface area contributed by atoms with E-state index < -0.39 is 12.8 Å². The highest BCUT2D eigenvalue weighted by Gasteiger charge is 2.27. The Labute approximate surface area is 92.4 Å². The lowest BCUT2D eigenvalue weighted by Crippen LogP contribution is -2.24. The van der Waals surface area contributed by atoms with Crippen LogP contribution >= 0.6 is 0 Å². The topological polar surface area (TPSA) is 21.3 Å². The van der Waals surface area contributed by atoms with Gasteiger partial charge in [-0.05, 0) is 30.5 Å². The fourth-order valence-corrected chi connectivity index (χ4v) is 1.27. The van der Waals surface area contributed by atoms with Gasteiger partial charge in [0.2, 0.25) is 0 Å². The van der Waals surface area contributed by atoms with Crippen molar-refractivity contribution in [2.75, 3.05) is 6.61 Å². The smallest absolute Gasteiger partial charge is 0.292 e. The number of hydrogen-bond donors (Lipinski definition) is 1. The molecule has 90 valence electrons. The number of rotatable bonds is 4. The van der Waals surface area contributed by atoms with Gasteiger partial charge in [-0.2, -0.15) is 18.7 Å². The van der Waals surface area contributed by atoms with Crippen LogP contribution in [-0.4, -0.2) is 12.8 Å². The van der Waals surface area contributed by atoms with Crippen LogP contribution in [0.15, 0.2) is 18.2 Å². The van der Waals surface area contributed by atoms with Gasteiger partial charge in [0.1, 0.15) is 0 Å². The third kappa shape index (κ3) is 4.20. The molecule has 0 aromatic heterocycles. The summed E-state index contributed by atoms with van der Waals surface area (Å²) in [6, 6.07) is 5.67. The normalized spacial score (nSPS) is 11.8. The molecule has 0 heterocycles. The zero-order valence-corrected chi connectivity index (χ0v) is 9.19. The first-order chi connectivity index (χ1) is 7.40. The molecule has 2 nitrogen and oxygen atoms in total. The third-order valence-corrected chi connectivity index (χ3v) is 2.32. The Morgan fingerprint density at radius 2 is 1.94 bits per heavy atom. The van der Waals surface area contributed by atoms with Crippen molar-refractivity contribution >= 4 is 0 Å². The summed E-state index contributed by atoms with van der Waals surface area (Å²) in [6.07, 6.45) is -4.30. The van der Waals surface area contributed by atoms with Crippen molar-refractivity contribution in [2.24, 2.45) is 0 Å². The molecular weight excluding hydrogens is 219 g/mol. The number of halogens is 3. The SMILES string of the molecule is Cc1cccc(CNOCC(F)(F)F)c1C. The Balaban J connectivity index is 2.41. The van der Waals surface area contributed by atoms with E-state index in [0.717, 1.165) is 16.7 Å². The Morgan fingerprint density at radius 3 is 2.56 bits per heavy atom. The Hall–Kier alpha value is -1.07. The molecule has 0 fully saturated rings. The van der Waals surface area contributed by atoms with Crippen molar-refractivity contribution in [3.63, 3.8) is 0 Å². The van der Waals surface area contributed by atoms with Crippen molar-refractivity contribution in [1.82, 2.24) is 5.48 Å². The number of hydroxylamine groups is 1. The van der Waals surface area contributed by atoms with Crippen molar-refractivity contribution < 1.29 is 18.0 Å². The van der Waals surface area contributed by atoms with E-state index in [4.69, 9.17) is 0 Å². The van der Waals surface area contributed by atoms with Crippen LogP contribution in [0.4, 0.5) is 13.2 Å². The molecule has 16 heavy (non-hydrogen) atoms. The number of alkyl halides is 3. The van der Waals surface area contributed by atoms with Crippen LogP contribution in [-0.2, 0) is 11.4 Å². The molecule has 1 aromatic carbocycles. The molecule has 1 N–H and O–H groups in total. The summed E-state index contributed by atoms with van der Waals surface area (Å²) in [7, 11) is 0. The molecule has 5 heteroatoms. The fourth-order valence-electron chi connectivity index (χ4n) is 1.27. The highest BCUT2D eigenvalue weighted by Crippen LogP contribution is 2.15. The van der Waals surface area contributed by atoms with Crippen LogP contribution in [0.25, 0.3) is 0 Å². The first-order valence-corrected chi connectivity index (χ1v) is 4.86. The lowest BCUT2D eigenvalue weighted by Gasteiger charge is -2.11. The number of aryl methyl sites for hydroxylation is 1. The zero-order valence-electron chi connectivity index (χ0n) is 9.19. The summed E-state index contributed by atoms with van der Waals surface area (Å²) in [5, 5.41) is 0. The summed E-state index contributed by atoms with van der Waals surface area (Å²) in [4.78, 5) is 4.32. The first kappa shape index (κ1) is 13.0. The Morgan fingerprint density at radius 1 is 1.25 bits per heavy atom. The molecule has 0 spiro atoms. The van der Waals surface area contributed by atoms with E-state index >= 15 is 0 Å². The largest absolute Gasteiger partial charge is 0.413 e. The van der Waals surface area contributed by atoms with Crippen LogP contribution in [0.5, 0.6) is 0 Å². The predicted molar refractivity (Wildman–Crippen MR) is 54.8 cm³/mol. The fraction of sp³-hybridized carbons (Fsp3) is 0.455. The van der Waals surface area contributed by atoms with E-state index in [1.807, 2.05) is 32.0 Å². The molecule has 0 amide bonds. The highest BCUT2D eigenvalue weighted by atomic mass is 19.4. The molecule has 0 aliphatic carbocycles. The standard InChI is InChI=1S/C11H14F3NO/c1-8-4-3-5-10(9(8)2)6-15-16-7-11(12,13)14/h3-5,15H,6-7H2,1-2H3.